The minimum absolute atomic E-state index is 0.0155. The summed E-state index contributed by atoms with van der Waals surface area (Å²) in [5, 5.41) is 3.88. The van der Waals surface area contributed by atoms with Crippen molar-refractivity contribution in [2.24, 2.45) is 0 Å². The summed E-state index contributed by atoms with van der Waals surface area (Å²) in [5.74, 6) is -0.0155. The third kappa shape index (κ3) is 4.20. The van der Waals surface area contributed by atoms with Crippen molar-refractivity contribution in [3.05, 3.63) is 76.0 Å². The first-order chi connectivity index (χ1) is 9.95. The molecule has 0 atom stereocenters. The van der Waals surface area contributed by atoms with Gasteiger partial charge in [0.25, 0.3) is 0 Å². The molecule has 0 heterocycles. The van der Waals surface area contributed by atoms with E-state index in [2.05, 4.69) is 5.32 Å². The van der Waals surface area contributed by atoms with Crippen LogP contribution in [0.15, 0.2) is 54.2 Å². The number of hydrogen-bond donors (Lipinski definition) is 1. The first-order valence-electron chi connectivity index (χ1n) is 6.78. The van der Waals surface area contributed by atoms with Crippen molar-refractivity contribution in [1.29, 1.82) is 0 Å². The number of anilines is 1. The van der Waals surface area contributed by atoms with Crippen LogP contribution in [-0.2, 0) is 0 Å². The monoisotopic (exact) mass is 299 g/mol. The largest absolute Gasteiger partial charge is 0.359 e. The summed E-state index contributed by atoms with van der Waals surface area (Å²) in [7, 11) is 0. The number of rotatable bonds is 4. The minimum atomic E-state index is -0.0155. The van der Waals surface area contributed by atoms with E-state index in [1.54, 1.807) is 6.08 Å². The summed E-state index contributed by atoms with van der Waals surface area (Å²) >= 11 is 6.09. The van der Waals surface area contributed by atoms with Gasteiger partial charge >= 0.3 is 0 Å². The van der Waals surface area contributed by atoms with Crippen molar-refractivity contribution in [3.8, 4) is 0 Å². The SMILES string of the molecule is C/C(=C/C(=O)c1ccc(C)cc1)Nc1ccc(C)c(Cl)c1. The normalized spacial score (nSPS) is 11.3. The maximum absolute atomic E-state index is 12.1. The smallest absolute Gasteiger partial charge is 0.187 e. The molecule has 2 rings (SSSR count). The Hall–Kier alpha value is -2.06. The molecule has 0 saturated heterocycles. The van der Waals surface area contributed by atoms with Gasteiger partial charge in [0.15, 0.2) is 5.78 Å². The van der Waals surface area contributed by atoms with Crippen LogP contribution in [0.5, 0.6) is 0 Å². The molecule has 0 amide bonds. The van der Waals surface area contributed by atoms with Crippen LogP contribution in [0, 0.1) is 13.8 Å². The van der Waals surface area contributed by atoms with E-state index in [1.165, 1.54) is 0 Å². The second-order valence-corrected chi connectivity index (χ2v) is 5.55. The number of carbonyl (C=O) groups excluding carboxylic acids is 1. The predicted molar refractivity (Wildman–Crippen MR) is 89.1 cm³/mol. The third-order valence-corrected chi connectivity index (χ3v) is 3.60. The first-order valence-corrected chi connectivity index (χ1v) is 7.16. The minimum Gasteiger partial charge on any atom is -0.359 e. The summed E-state index contributed by atoms with van der Waals surface area (Å²) in [5.41, 5.74) is 4.50. The van der Waals surface area contributed by atoms with Crippen molar-refractivity contribution in [3.63, 3.8) is 0 Å². The fraction of sp³-hybridized carbons (Fsp3) is 0.167. The lowest BCUT2D eigenvalue weighted by Crippen LogP contribution is -2.01. The standard InChI is InChI=1S/C18H18ClNO/c1-12-4-7-15(8-5-12)18(21)10-14(3)20-16-9-6-13(2)17(19)11-16/h4-11,20H,1-3H3/b14-10-. The molecule has 0 aliphatic rings. The number of ketones is 1. The Bertz CT molecular complexity index is 687. The van der Waals surface area contributed by atoms with Crippen LogP contribution >= 0.6 is 11.6 Å². The lowest BCUT2D eigenvalue weighted by atomic mass is 10.1. The summed E-state index contributed by atoms with van der Waals surface area (Å²) in [6.45, 7) is 5.81. The van der Waals surface area contributed by atoms with Crippen molar-refractivity contribution in [1.82, 2.24) is 0 Å². The molecule has 108 valence electrons. The number of hydrogen-bond acceptors (Lipinski definition) is 2. The summed E-state index contributed by atoms with van der Waals surface area (Å²) in [4.78, 5) is 12.1. The van der Waals surface area contributed by atoms with E-state index in [0.29, 0.717) is 10.6 Å². The fourth-order valence-corrected chi connectivity index (χ4v) is 2.11. The van der Waals surface area contributed by atoms with E-state index in [9.17, 15) is 4.79 Å². The summed E-state index contributed by atoms with van der Waals surface area (Å²) < 4.78 is 0. The van der Waals surface area contributed by atoms with Gasteiger partial charge in [0.05, 0.1) is 0 Å². The van der Waals surface area contributed by atoms with Crippen molar-refractivity contribution < 1.29 is 4.79 Å². The van der Waals surface area contributed by atoms with E-state index < -0.39 is 0 Å². The number of benzene rings is 2. The molecule has 0 aliphatic carbocycles. The molecule has 2 nitrogen and oxygen atoms in total. The predicted octanol–water partition coefficient (Wildman–Crippen LogP) is 5.16. The molecule has 0 saturated carbocycles. The van der Waals surface area contributed by atoms with Gasteiger partial charge < -0.3 is 5.32 Å². The number of halogens is 1. The van der Waals surface area contributed by atoms with E-state index in [0.717, 1.165) is 22.5 Å². The Balaban J connectivity index is 2.11. The maximum atomic E-state index is 12.1. The number of nitrogens with one attached hydrogen (secondary N) is 1. The fourth-order valence-electron chi connectivity index (χ4n) is 1.93. The number of aryl methyl sites for hydroxylation is 2. The third-order valence-electron chi connectivity index (χ3n) is 3.20. The van der Waals surface area contributed by atoms with Crippen LogP contribution in [0.1, 0.15) is 28.4 Å². The lowest BCUT2D eigenvalue weighted by molar-refractivity contribution is 0.104. The Morgan fingerprint density at radius 3 is 2.38 bits per heavy atom. The zero-order valence-corrected chi connectivity index (χ0v) is 13.2. The van der Waals surface area contributed by atoms with E-state index >= 15 is 0 Å². The molecule has 3 heteroatoms. The average Bonchev–Trinajstić information content (AvgIpc) is 2.43. The highest BCUT2D eigenvalue weighted by molar-refractivity contribution is 6.31. The Morgan fingerprint density at radius 1 is 1.10 bits per heavy atom. The van der Waals surface area contributed by atoms with E-state index in [1.807, 2.05) is 63.2 Å². The van der Waals surface area contributed by atoms with Crippen molar-refractivity contribution in [2.75, 3.05) is 5.32 Å². The molecule has 0 fully saturated rings. The molecule has 0 unspecified atom stereocenters. The van der Waals surface area contributed by atoms with Crippen LogP contribution in [0.4, 0.5) is 5.69 Å². The molecular formula is C18H18ClNO. The zero-order valence-electron chi connectivity index (χ0n) is 12.4. The van der Waals surface area contributed by atoms with Crippen molar-refractivity contribution >= 4 is 23.1 Å². The molecule has 0 aliphatic heterocycles. The molecular weight excluding hydrogens is 282 g/mol. The highest BCUT2D eigenvalue weighted by Gasteiger charge is 2.04. The highest BCUT2D eigenvalue weighted by atomic mass is 35.5. The Morgan fingerprint density at radius 2 is 1.76 bits per heavy atom. The van der Waals surface area contributed by atoms with Gasteiger partial charge in [0, 0.05) is 28.0 Å². The van der Waals surface area contributed by atoms with Gasteiger partial charge in [-0.2, -0.15) is 0 Å². The summed E-state index contributed by atoms with van der Waals surface area (Å²) in [6, 6.07) is 13.3. The molecule has 0 aromatic heterocycles. The first kappa shape index (κ1) is 15.3. The van der Waals surface area contributed by atoms with Gasteiger partial charge in [-0.3, -0.25) is 4.79 Å². The zero-order chi connectivity index (χ0) is 15.4. The van der Waals surface area contributed by atoms with Crippen molar-refractivity contribution in [2.45, 2.75) is 20.8 Å². The van der Waals surface area contributed by atoms with Gasteiger partial charge in [-0.1, -0.05) is 47.5 Å². The van der Waals surface area contributed by atoms with Gasteiger partial charge in [0.2, 0.25) is 0 Å². The second-order valence-electron chi connectivity index (χ2n) is 5.15. The molecule has 1 N–H and O–H groups in total. The van der Waals surface area contributed by atoms with Crippen LogP contribution < -0.4 is 5.32 Å². The van der Waals surface area contributed by atoms with E-state index in [-0.39, 0.29) is 5.78 Å². The maximum Gasteiger partial charge on any atom is 0.187 e. The second kappa shape index (κ2) is 6.59. The van der Waals surface area contributed by atoms with Crippen LogP contribution in [0.3, 0.4) is 0 Å². The van der Waals surface area contributed by atoms with Gasteiger partial charge in [0.1, 0.15) is 0 Å². The Kier molecular flexibility index (Phi) is 4.81. The van der Waals surface area contributed by atoms with Crippen LogP contribution in [0.2, 0.25) is 5.02 Å². The topological polar surface area (TPSA) is 29.1 Å². The molecule has 0 spiro atoms. The molecule has 21 heavy (non-hydrogen) atoms. The average molecular weight is 300 g/mol. The highest BCUT2D eigenvalue weighted by Crippen LogP contribution is 2.21. The van der Waals surface area contributed by atoms with Gasteiger partial charge in [-0.05, 0) is 38.5 Å². The molecule has 2 aromatic carbocycles. The number of allylic oxidation sites excluding steroid dienone is 2. The number of carbonyl (C=O) groups is 1. The van der Waals surface area contributed by atoms with Crippen LogP contribution in [-0.4, -0.2) is 5.78 Å². The van der Waals surface area contributed by atoms with Crippen LogP contribution in [0.25, 0.3) is 0 Å². The summed E-state index contributed by atoms with van der Waals surface area (Å²) in [6.07, 6.45) is 1.60. The molecule has 0 bridgehead atoms. The van der Waals surface area contributed by atoms with Gasteiger partial charge in [-0.15, -0.1) is 0 Å². The molecule has 0 radical (unpaired) electrons. The van der Waals surface area contributed by atoms with Gasteiger partial charge in [-0.25, -0.2) is 0 Å². The molecule has 2 aromatic rings. The lowest BCUT2D eigenvalue weighted by Gasteiger charge is -2.08. The Labute approximate surface area is 130 Å². The quantitative estimate of drug-likeness (QED) is 0.624. The van der Waals surface area contributed by atoms with E-state index in [4.69, 9.17) is 11.6 Å².